The van der Waals surface area contributed by atoms with Crippen molar-refractivity contribution in [3.63, 3.8) is 0 Å². The van der Waals surface area contributed by atoms with Crippen LogP contribution in [0.5, 0.6) is 0 Å². The molecule has 0 spiro atoms. The Hall–Kier alpha value is -0.820. The topological polar surface area (TPSA) is 12.0 Å². The van der Waals surface area contributed by atoms with Gasteiger partial charge < -0.3 is 5.32 Å². The van der Waals surface area contributed by atoms with E-state index in [-0.39, 0.29) is 0 Å². The summed E-state index contributed by atoms with van der Waals surface area (Å²) in [7, 11) is 0. The summed E-state index contributed by atoms with van der Waals surface area (Å²) in [5.74, 6) is 0. The van der Waals surface area contributed by atoms with Crippen molar-refractivity contribution in [3.8, 4) is 0 Å². The highest BCUT2D eigenvalue weighted by atomic mass is 14.9. The normalized spacial score (nSPS) is 12.8. The zero-order valence-corrected chi connectivity index (χ0v) is 8.59. The summed E-state index contributed by atoms with van der Waals surface area (Å²) in [5.41, 5.74) is 1.42. The van der Waals surface area contributed by atoms with Crippen LogP contribution in [0.2, 0.25) is 0 Å². The second-order valence-electron chi connectivity index (χ2n) is 3.54. The lowest BCUT2D eigenvalue weighted by atomic mass is 10.1. The third-order valence-electron chi connectivity index (χ3n) is 2.13. The van der Waals surface area contributed by atoms with Crippen LogP contribution in [0.15, 0.2) is 30.3 Å². The van der Waals surface area contributed by atoms with Crippen LogP contribution in [0.1, 0.15) is 25.8 Å². The van der Waals surface area contributed by atoms with E-state index in [4.69, 9.17) is 0 Å². The van der Waals surface area contributed by atoms with E-state index in [0.717, 1.165) is 13.0 Å². The Balaban J connectivity index is 2.32. The monoisotopic (exact) mass is 177 g/mol. The fraction of sp³-hybridized carbons (Fsp3) is 0.500. The molecule has 0 heterocycles. The molecule has 0 radical (unpaired) electrons. The van der Waals surface area contributed by atoms with Gasteiger partial charge in [-0.1, -0.05) is 37.3 Å². The highest BCUT2D eigenvalue weighted by Gasteiger charge is 2.00. The van der Waals surface area contributed by atoms with Gasteiger partial charge in [0.25, 0.3) is 0 Å². The summed E-state index contributed by atoms with van der Waals surface area (Å²) >= 11 is 0. The molecule has 13 heavy (non-hydrogen) atoms. The summed E-state index contributed by atoms with van der Waals surface area (Å²) in [5, 5.41) is 3.48. The predicted molar refractivity (Wildman–Crippen MR) is 57.9 cm³/mol. The lowest BCUT2D eigenvalue weighted by Gasteiger charge is -2.12. The average molecular weight is 177 g/mol. The van der Waals surface area contributed by atoms with Gasteiger partial charge in [-0.15, -0.1) is 0 Å². The van der Waals surface area contributed by atoms with E-state index in [1.807, 2.05) is 0 Å². The van der Waals surface area contributed by atoms with E-state index < -0.39 is 0 Å². The van der Waals surface area contributed by atoms with Crippen LogP contribution in [0.3, 0.4) is 0 Å². The second-order valence-corrected chi connectivity index (χ2v) is 3.54. The van der Waals surface area contributed by atoms with Crippen molar-refractivity contribution in [2.75, 3.05) is 6.54 Å². The van der Waals surface area contributed by atoms with Crippen LogP contribution in [0.25, 0.3) is 0 Å². The zero-order chi connectivity index (χ0) is 9.52. The Labute approximate surface area is 81.2 Å². The lowest BCUT2D eigenvalue weighted by molar-refractivity contribution is 0.543. The van der Waals surface area contributed by atoms with Crippen LogP contribution in [0, 0.1) is 0 Å². The molecular weight excluding hydrogens is 158 g/mol. The molecule has 1 atom stereocenters. The summed E-state index contributed by atoms with van der Waals surface area (Å²) in [6, 6.07) is 11.2. The van der Waals surface area contributed by atoms with Gasteiger partial charge in [-0.3, -0.25) is 0 Å². The van der Waals surface area contributed by atoms with Crippen molar-refractivity contribution >= 4 is 0 Å². The smallest absolute Gasteiger partial charge is 0.00791 e. The van der Waals surface area contributed by atoms with Crippen molar-refractivity contribution in [3.05, 3.63) is 35.9 Å². The minimum atomic E-state index is 0.586. The van der Waals surface area contributed by atoms with Gasteiger partial charge in [-0.25, -0.2) is 0 Å². The standard InChI is InChI=1S/C12H19N/c1-3-9-13-11(2)10-12-7-5-4-6-8-12/h4-8,11,13H,3,9-10H2,1-2H3. The van der Waals surface area contributed by atoms with Crippen LogP contribution in [-0.4, -0.2) is 12.6 Å². The van der Waals surface area contributed by atoms with E-state index in [1.165, 1.54) is 12.0 Å². The molecule has 1 aromatic carbocycles. The minimum absolute atomic E-state index is 0.586. The molecule has 0 aliphatic carbocycles. The highest BCUT2D eigenvalue weighted by molar-refractivity contribution is 5.15. The van der Waals surface area contributed by atoms with Crippen LogP contribution < -0.4 is 5.32 Å². The Bertz CT molecular complexity index is 218. The molecule has 72 valence electrons. The maximum Gasteiger partial charge on any atom is 0.00791 e. The summed E-state index contributed by atoms with van der Waals surface area (Å²) in [4.78, 5) is 0. The molecule has 0 amide bonds. The number of rotatable bonds is 5. The maximum atomic E-state index is 3.48. The molecule has 0 saturated carbocycles. The molecule has 1 nitrogen and oxygen atoms in total. The second kappa shape index (κ2) is 5.76. The van der Waals surface area contributed by atoms with Gasteiger partial charge in [0.15, 0.2) is 0 Å². The Morgan fingerprint density at radius 3 is 2.54 bits per heavy atom. The lowest BCUT2D eigenvalue weighted by Crippen LogP contribution is -2.28. The first kappa shape index (κ1) is 10.3. The van der Waals surface area contributed by atoms with E-state index in [1.54, 1.807) is 0 Å². The zero-order valence-electron chi connectivity index (χ0n) is 8.59. The molecule has 0 aliphatic heterocycles. The van der Waals surface area contributed by atoms with Gasteiger partial charge in [0.05, 0.1) is 0 Å². The van der Waals surface area contributed by atoms with Crippen molar-refractivity contribution in [1.29, 1.82) is 0 Å². The average Bonchev–Trinajstić information content (AvgIpc) is 2.16. The number of hydrogen-bond donors (Lipinski definition) is 1. The van der Waals surface area contributed by atoms with E-state index in [9.17, 15) is 0 Å². The van der Waals surface area contributed by atoms with Crippen LogP contribution >= 0.6 is 0 Å². The fourth-order valence-electron chi connectivity index (χ4n) is 1.43. The molecule has 1 N–H and O–H groups in total. The van der Waals surface area contributed by atoms with Gasteiger partial charge >= 0.3 is 0 Å². The van der Waals surface area contributed by atoms with Gasteiger partial charge in [-0.05, 0) is 31.9 Å². The fourth-order valence-corrected chi connectivity index (χ4v) is 1.43. The summed E-state index contributed by atoms with van der Waals surface area (Å²) in [6.07, 6.45) is 2.33. The van der Waals surface area contributed by atoms with Crippen molar-refractivity contribution in [2.45, 2.75) is 32.7 Å². The molecule has 1 rings (SSSR count). The van der Waals surface area contributed by atoms with Gasteiger partial charge in [-0.2, -0.15) is 0 Å². The van der Waals surface area contributed by atoms with Gasteiger partial charge in [0.1, 0.15) is 0 Å². The van der Waals surface area contributed by atoms with E-state index in [2.05, 4.69) is 49.5 Å². The minimum Gasteiger partial charge on any atom is -0.314 e. The first-order valence-electron chi connectivity index (χ1n) is 5.10. The summed E-state index contributed by atoms with van der Waals surface area (Å²) in [6.45, 7) is 5.55. The molecule has 0 saturated heterocycles. The first-order valence-corrected chi connectivity index (χ1v) is 5.10. The number of hydrogen-bond acceptors (Lipinski definition) is 1. The predicted octanol–water partition coefficient (Wildman–Crippen LogP) is 2.62. The third kappa shape index (κ3) is 4.09. The van der Waals surface area contributed by atoms with Crippen molar-refractivity contribution in [1.82, 2.24) is 5.32 Å². The first-order chi connectivity index (χ1) is 6.33. The van der Waals surface area contributed by atoms with Crippen LogP contribution in [-0.2, 0) is 6.42 Å². The number of nitrogens with one attached hydrogen (secondary N) is 1. The quantitative estimate of drug-likeness (QED) is 0.729. The molecular formula is C12H19N. The van der Waals surface area contributed by atoms with Crippen molar-refractivity contribution < 1.29 is 0 Å². The largest absolute Gasteiger partial charge is 0.314 e. The molecule has 1 heteroatoms. The van der Waals surface area contributed by atoms with Crippen molar-refractivity contribution in [2.24, 2.45) is 0 Å². The van der Waals surface area contributed by atoms with E-state index in [0.29, 0.717) is 6.04 Å². The number of benzene rings is 1. The highest BCUT2D eigenvalue weighted by Crippen LogP contribution is 2.02. The molecule has 0 aromatic heterocycles. The van der Waals surface area contributed by atoms with Gasteiger partial charge in [0, 0.05) is 6.04 Å². The molecule has 1 aromatic rings. The molecule has 1 unspecified atom stereocenters. The van der Waals surface area contributed by atoms with E-state index >= 15 is 0 Å². The molecule has 0 fully saturated rings. The summed E-state index contributed by atoms with van der Waals surface area (Å²) < 4.78 is 0. The third-order valence-corrected chi connectivity index (χ3v) is 2.13. The molecule has 0 bridgehead atoms. The van der Waals surface area contributed by atoms with Crippen LogP contribution in [0.4, 0.5) is 0 Å². The Morgan fingerprint density at radius 1 is 1.23 bits per heavy atom. The SMILES string of the molecule is CCCNC(C)Cc1ccccc1. The van der Waals surface area contributed by atoms with Gasteiger partial charge in [0.2, 0.25) is 0 Å². The Kier molecular flexibility index (Phi) is 4.55. The maximum absolute atomic E-state index is 3.48. The molecule has 0 aliphatic rings. The Morgan fingerprint density at radius 2 is 1.92 bits per heavy atom.